The van der Waals surface area contributed by atoms with Crippen molar-refractivity contribution in [3.63, 3.8) is 0 Å². The Morgan fingerprint density at radius 1 is 0.565 bits per heavy atom. The Bertz CT molecular complexity index is 1650. The summed E-state index contributed by atoms with van der Waals surface area (Å²) in [4.78, 5) is 52.0. The Labute approximate surface area is 269 Å². The lowest BCUT2D eigenvalue weighted by Crippen LogP contribution is -2.34. The van der Waals surface area contributed by atoms with E-state index in [1.807, 2.05) is 90.1 Å². The molecule has 8 nitrogen and oxygen atoms in total. The number of allylic oxidation sites excluding steroid dienone is 4. The van der Waals surface area contributed by atoms with E-state index in [4.69, 9.17) is 9.47 Å². The van der Waals surface area contributed by atoms with E-state index in [0.717, 1.165) is 11.1 Å². The first kappa shape index (κ1) is 32.9. The molecule has 2 aliphatic carbocycles. The second-order valence-corrected chi connectivity index (χ2v) is 14.4. The Kier molecular flexibility index (Phi) is 8.86. The second-order valence-electron chi connectivity index (χ2n) is 14.4. The predicted molar refractivity (Wildman–Crippen MR) is 176 cm³/mol. The summed E-state index contributed by atoms with van der Waals surface area (Å²) in [5, 5.41) is 22.0. The molecule has 8 heteroatoms. The minimum atomic E-state index is -1.05. The maximum Gasteiger partial charge on any atom is 0.315 e. The fourth-order valence-corrected chi connectivity index (χ4v) is 6.75. The van der Waals surface area contributed by atoms with Crippen LogP contribution in [-0.4, -0.2) is 34.1 Å². The van der Waals surface area contributed by atoms with E-state index in [1.54, 1.807) is 12.2 Å². The number of carboxylic acids is 2. The van der Waals surface area contributed by atoms with E-state index < -0.39 is 58.4 Å². The van der Waals surface area contributed by atoms with Gasteiger partial charge in [0.25, 0.3) is 0 Å². The molecule has 2 aliphatic rings. The van der Waals surface area contributed by atoms with Gasteiger partial charge in [0.2, 0.25) is 0 Å². The number of carbonyl (C=O) groups excluding carboxylic acids is 2. The normalized spacial score (nSPS) is 21.7. The molecule has 0 amide bonds. The van der Waals surface area contributed by atoms with Gasteiger partial charge in [0.15, 0.2) is 0 Å². The third-order valence-corrected chi connectivity index (χ3v) is 9.20. The smallest absolute Gasteiger partial charge is 0.315 e. The molecule has 46 heavy (non-hydrogen) atoms. The number of aliphatic carboxylic acids is 2. The number of ether oxygens (including phenoxy) is 2. The molecule has 2 N–H and O–H groups in total. The number of rotatable bonds is 6. The highest BCUT2D eigenvalue weighted by atomic mass is 16.5. The number of fused-ring (bicyclic) bond motifs is 2. The van der Waals surface area contributed by atoms with Crippen LogP contribution in [0.15, 0.2) is 60.7 Å². The van der Waals surface area contributed by atoms with Gasteiger partial charge in [-0.1, -0.05) is 102 Å². The van der Waals surface area contributed by atoms with Crippen molar-refractivity contribution in [2.75, 3.05) is 0 Å². The van der Waals surface area contributed by atoms with Crippen LogP contribution < -0.4 is 9.47 Å². The van der Waals surface area contributed by atoms with E-state index in [9.17, 15) is 29.4 Å². The first-order valence-corrected chi connectivity index (χ1v) is 15.8. The third-order valence-electron chi connectivity index (χ3n) is 9.20. The van der Waals surface area contributed by atoms with Crippen LogP contribution >= 0.6 is 0 Å². The fraction of sp³-hybridized carbons (Fsp3) is 0.421. The van der Waals surface area contributed by atoms with Gasteiger partial charge >= 0.3 is 23.9 Å². The molecular formula is C38H42O8. The van der Waals surface area contributed by atoms with Crippen molar-refractivity contribution in [1.82, 2.24) is 0 Å². The number of hydrogen-bond donors (Lipinski definition) is 2. The van der Waals surface area contributed by atoms with Crippen LogP contribution in [0.25, 0.3) is 21.5 Å². The standard InChI is InChI=1S/C38H42O8/c1-37(2,3)27-19-11-17-25-29(27)31(45-35(43)23-15-9-7-13-21(23)33(39)40)26-18-12-20-28(38(4,5)6)30(26)32(25)46-36(44)24-16-10-8-14-22(24)34(41)42/h7-12,17-24H,13-16H2,1-6H3,(H,39,40)(H,41,42). The first-order chi connectivity index (χ1) is 21.6. The van der Waals surface area contributed by atoms with Gasteiger partial charge in [0.1, 0.15) is 11.5 Å². The zero-order valence-corrected chi connectivity index (χ0v) is 27.3. The molecule has 0 aromatic heterocycles. The second kappa shape index (κ2) is 12.4. The van der Waals surface area contributed by atoms with Crippen molar-refractivity contribution < 1.29 is 38.9 Å². The maximum atomic E-state index is 13.9. The fourth-order valence-electron chi connectivity index (χ4n) is 6.75. The Morgan fingerprint density at radius 2 is 0.891 bits per heavy atom. The molecule has 0 bridgehead atoms. The summed E-state index contributed by atoms with van der Waals surface area (Å²) in [6, 6.07) is 11.3. The Hall–Kier alpha value is -4.46. The van der Waals surface area contributed by atoms with Gasteiger partial charge in [-0.15, -0.1) is 0 Å². The first-order valence-electron chi connectivity index (χ1n) is 15.8. The highest BCUT2D eigenvalue weighted by Crippen LogP contribution is 2.50. The minimum absolute atomic E-state index is 0.237. The summed E-state index contributed by atoms with van der Waals surface area (Å²) in [6.07, 6.45) is 8.16. The number of hydrogen-bond acceptors (Lipinski definition) is 6. The number of benzene rings is 3. The van der Waals surface area contributed by atoms with E-state index in [0.29, 0.717) is 21.5 Å². The SMILES string of the molecule is CC(C)(C)c1cccc2c(OC(=O)C3CC=CCC3C(=O)O)c3c(C(C)(C)C)cccc3c(OC(=O)C3CC=CCC3C(=O)O)c12. The van der Waals surface area contributed by atoms with Crippen molar-refractivity contribution in [1.29, 1.82) is 0 Å². The van der Waals surface area contributed by atoms with Crippen LogP contribution in [-0.2, 0) is 30.0 Å². The topological polar surface area (TPSA) is 127 Å². The summed E-state index contributed by atoms with van der Waals surface area (Å²) in [7, 11) is 0. The molecule has 0 radical (unpaired) electrons. The van der Waals surface area contributed by atoms with Crippen LogP contribution in [0.1, 0.15) is 78.4 Å². The third kappa shape index (κ3) is 6.17. The van der Waals surface area contributed by atoms with Crippen molar-refractivity contribution >= 4 is 45.4 Å². The van der Waals surface area contributed by atoms with Crippen molar-refractivity contribution in [3.8, 4) is 11.5 Å². The Balaban J connectivity index is 1.81. The molecule has 3 aromatic rings. The van der Waals surface area contributed by atoms with Crippen LogP contribution in [0.3, 0.4) is 0 Å². The number of esters is 2. The van der Waals surface area contributed by atoms with Crippen molar-refractivity contribution in [3.05, 3.63) is 71.8 Å². The molecule has 4 atom stereocenters. The largest absolute Gasteiger partial charge is 0.481 e. The van der Waals surface area contributed by atoms with E-state index in [-0.39, 0.29) is 37.2 Å². The lowest BCUT2D eigenvalue weighted by molar-refractivity contribution is -0.152. The lowest BCUT2D eigenvalue weighted by atomic mass is 9.79. The van der Waals surface area contributed by atoms with Crippen molar-refractivity contribution in [2.24, 2.45) is 23.7 Å². The van der Waals surface area contributed by atoms with Crippen LogP contribution in [0.5, 0.6) is 11.5 Å². The van der Waals surface area contributed by atoms with Crippen LogP contribution in [0.2, 0.25) is 0 Å². The van der Waals surface area contributed by atoms with E-state index >= 15 is 0 Å². The predicted octanol–water partition coefficient (Wildman–Crippen LogP) is 7.73. The molecule has 0 aliphatic heterocycles. The quantitative estimate of drug-likeness (QED) is 0.123. The molecule has 4 unspecified atom stereocenters. The van der Waals surface area contributed by atoms with Crippen molar-refractivity contribution in [2.45, 2.75) is 78.1 Å². The van der Waals surface area contributed by atoms with Gasteiger partial charge in [0.05, 0.1) is 23.7 Å². The molecule has 5 rings (SSSR count). The zero-order valence-electron chi connectivity index (χ0n) is 27.3. The average Bonchev–Trinajstić information content (AvgIpc) is 3.00. The van der Waals surface area contributed by atoms with E-state index in [1.165, 1.54) is 0 Å². The number of carboxylic acid groups (broad SMARTS) is 2. The molecular weight excluding hydrogens is 584 g/mol. The molecule has 0 saturated heterocycles. The average molecular weight is 627 g/mol. The van der Waals surface area contributed by atoms with Crippen LogP contribution in [0.4, 0.5) is 0 Å². The van der Waals surface area contributed by atoms with Gasteiger partial charge in [-0.05, 0) is 47.6 Å². The van der Waals surface area contributed by atoms with Gasteiger partial charge < -0.3 is 19.7 Å². The van der Waals surface area contributed by atoms with Gasteiger partial charge in [-0.25, -0.2) is 0 Å². The maximum absolute atomic E-state index is 13.9. The highest BCUT2D eigenvalue weighted by Gasteiger charge is 2.39. The van der Waals surface area contributed by atoms with E-state index in [2.05, 4.69) is 0 Å². The summed E-state index contributed by atoms with van der Waals surface area (Å²) in [6.45, 7) is 12.2. The lowest BCUT2D eigenvalue weighted by Gasteiger charge is -2.29. The zero-order chi connectivity index (χ0) is 33.6. The summed E-state index contributed by atoms with van der Waals surface area (Å²) in [5.41, 5.74) is 0.819. The van der Waals surface area contributed by atoms with Gasteiger partial charge in [0, 0.05) is 21.5 Å². The van der Waals surface area contributed by atoms with Crippen LogP contribution in [0, 0.1) is 23.7 Å². The summed E-state index contributed by atoms with van der Waals surface area (Å²) < 4.78 is 12.7. The molecule has 0 fully saturated rings. The molecule has 0 heterocycles. The van der Waals surface area contributed by atoms with Gasteiger partial charge in [-0.3, -0.25) is 19.2 Å². The van der Waals surface area contributed by atoms with Gasteiger partial charge in [-0.2, -0.15) is 0 Å². The monoisotopic (exact) mass is 626 g/mol. The minimum Gasteiger partial charge on any atom is -0.481 e. The molecule has 3 aromatic carbocycles. The summed E-state index contributed by atoms with van der Waals surface area (Å²) >= 11 is 0. The molecule has 0 spiro atoms. The summed E-state index contributed by atoms with van der Waals surface area (Å²) in [5.74, 6) is -6.35. The number of carbonyl (C=O) groups is 4. The highest BCUT2D eigenvalue weighted by molar-refractivity contribution is 6.15. The Morgan fingerprint density at radius 3 is 1.20 bits per heavy atom. The molecule has 0 saturated carbocycles. The molecule has 242 valence electrons.